The maximum absolute atomic E-state index is 3.39. The predicted molar refractivity (Wildman–Crippen MR) is 79.9 cm³/mol. The molecule has 0 saturated carbocycles. The molecule has 1 N–H and O–H groups in total. The zero-order valence-corrected chi connectivity index (χ0v) is 12.7. The molecule has 0 spiro atoms. The van der Waals surface area contributed by atoms with Crippen LogP contribution in [0.2, 0.25) is 0 Å². The molecule has 0 aliphatic carbocycles. The van der Waals surface area contributed by atoms with Crippen molar-refractivity contribution in [2.75, 3.05) is 19.6 Å². The van der Waals surface area contributed by atoms with Crippen molar-refractivity contribution in [1.82, 2.24) is 10.2 Å². The van der Waals surface area contributed by atoms with Crippen LogP contribution in [-0.2, 0) is 13.1 Å². The molecule has 0 radical (unpaired) electrons. The molecule has 1 fully saturated rings. The van der Waals surface area contributed by atoms with Crippen LogP contribution >= 0.6 is 11.3 Å². The zero-order chi connectivity index (χ0) is 13.0. The molecule has 2 rings (SSSR count). The number of nitrogens with one attached hydrogen (secondary N) is 1. The fourth-order valence-corrected chi connectivity index (χ4v) is 3.59. The summed E-state index contributed by atoms with van der Waals surface area (Å²) in [7, 11) is 0. The van der Waals surface area contributed by atoms with Crippen LogP contribution in [0, 0.1) is 11.8 Å². The maximum atomic E-state index is 3.39. The molecular weight excluding hydrogens is 240 g/mol. The average molecular weight is 266 g/mol. The Bertz CT molecular complexity index is 361. The van der Waals surface area contributed by atoms with E-state index in [1.54, 1.807) is 0 Å². The minimum Gasteiger partial charge on any atom is -0.312 e. The van der Waals surface area contributed by atoms with E-state index in [-0.39, 0.29) is 0 Å². The third kappa shape index (κ3) is 3.81. The number of piperidine rings is 1. The highest BCUT2D eigenvalue weighted by Gasteiger charge is 2.22. The maximum Gasteiger partial charge on any atom is 0.0328 e. The molecular formula is C15H26N2S. The van der Waals surface area contributed by atoms with Gasteiger partial charge in [0.2, 0.25) is 0 Å². The van der Waals surface area contributed by atoms with E-state index in [9.17, 15) is 0 Å². The van der Waals surface area contributed by atoms with Gasteiger partial charge in [0.15, 0.2) is 0 Å². The summed E-state index contributed by atoms with van der Waals surface area (Å²) in [5.41, 5.74) is 0. The number of hydrogen-bond donors (Lipinski definition) is 1. The molecule has 1 aromatic rings. The Morgan fingerprint density at radius 1 is 1.28 bits per heavy atom. The second-order valence-electron chi connectivity index (χ2n) is 5.63. The molecule has 1 aromatic heterocycles. The van der Waals surface area contributed by atoms with E-state index in [4.69, 9.17) is 0 Å². The van der Waals surface area contributed by atoms with Crippen LogP contribution in [0.25, 0.3) is 0 Å². The first-order chi connectivity index (χ1) is 8.69. The first kappa shape index (κ1) is 14.0. The van der Waals surface area contributed by atoms with Crippen LogP contribution in [0.1, 0.15) is 36.9 Å². The van der Waals surface area contributed by atoms with Crippen LogP contribution in [0.4, 0.5) is 0 Å². The molecule has 0 amide bonds. The van der Waals surface area contributed by atoms with Crippen molar-refractivity contribution in [3.05, 3.63) is 21.9 Å². The predicted octanol–water partition coefficient (Wildman–Crippen LogP) is 3.34. The first-order valence-corrected chi connectivity index (χ1v) is 8.01. The number of nitrogens with zero attached hydrogens (tertiary/aromatic N) is 1. The van der Waals surface area contributed by atoms with Crippen LogP contribution < -0.4 is 5.32 Å². The summed E-state index contributed by atoms with van der Waals surface area (Å²) in [5, 5.41) is 3.39. The SMILES string of the molecule is CCNCc1ccc(CN2CCC(C)C(C)C2)s1. The normalized spacial score (nSPS) is 25.5. The van der Waals surface area contributed by atoms with Crippen molar-refractivity contribution in [2.24, 2.45) is 11.8 Å². The summed E-state index contributed by atoms with van der Waals surface area (Å²) in [5.74, 6) is 1.74. The summed E-state index contributed by atoms with van der Waals surface area (Å²) in [6.45, 7) is 12.7. The molecule has 2 unspecified atom stereocenters. The van der Waals surface area contributed by atoms with Gasteiger partial charge < -0.3 is 5.32 Å². The van der Waals surface area contributed by atoms with Gasteiger partial charge in [-0.05, 0) is 43.5 Å². The van der Waals surface area contributed by atoms with Crippen molar-refractivity contribution >= 4 is 11.3 Å². The van der Waals surface area contributed by atoms with E-state index in [0.29, 0.717) is 0 Å². The molecule has 18 heavy (non-hydrogen) atoms. The van der Waals surface area contributed by atoms with Crippen molar-refractivity contribution in [3.63, 3.8) is 0 Å². The van der Waals surface area contributed by atoms with E-state index in [0.717, 1.165) is 31.5 Å². The zero-order valence-electron chi connectivity index (χ0n) is 11.9. The Balaban J connectivity index is 1.84. The van der Waals surface area contributed by atoms with E-state index in [1.165, 1.54) is 29.3 Å². The van der Waals surface area contributed by atoms with E-state index >= 15 is 0 Å². The number of likely N-dealkylation sites (tertiary alicyclic amines) is 1. The summed E-state index contributed by atoms with van der Waals surface area (Å²) in [6, 6.07) is 4.58. The van der Waals surface area contributed by atoms with Gasteiger partial charge in [-0.1, -0.05) is 20.8 Å². The second-order valence-corrected chi connectivity index (χ2v) is 6.88. The second kappa shape index (κ2) is 6.69. The lowest BCUT2D eigenvalue weighted by molar-refractivity contribution is 0.133. The van der Waals surface area contributed by atoms with Crippen LogP contribution in [0.3, 0.4) is 0 Å². The molecule has 102 valence electrons. The van der Waals surface area contributed by atoms with Crippen molar-refractivity contribution in [1.29, 1.82) is 0 Å². The Kier molecular flexibility index (Phi) is 5.22. The van der Waals surface area contributed by atoms with E-state index < -0.39 is 0 Å². The third-order valence-corrected chi connectivity index (χ3v) is 5.13. The van der Waals surface area contributed by atoms with Gasteiger partial charge in [0, 0.05) is 29.4 Å². The monoisotopic (exact) mass is 266 g/mol. The van der Waals surface area contributed by atoms with E-state index in [1.807, 2.05) is 11.3 Å². The summed E-state index contributed by atoms with van der Waals surface area (Å²) < 4.78 is 0. The Labute approximate surface area is 115 Å². The number of rotatable bonds is 5. The van der Waals surface area contributed by atoms with Crippen molar-refractivity contribution in [2.45, 2.75) is 40.3 Å². The molecule has 0 aromatic carbocycles. The summed E-state index contributed by atoms with van der Waals surface area (Å²) >= 11 is 1.96. The highest BCUT2D eigenvalue weighted by molar-refractivity contribution is 7.11. The lowest BCUT2D eigenvalue weighted by atomic mass is 9.89. The van der Waals surface area contributed by atoms with Gasteiger partial charge in [0.25, 0.3) is 0 Å². The molecule has 2 nitrogen and oxygen atoms in total. The highest BCUT2D eigenvalue weighted by atomic mass is 32.1. The van der Waals surface area contributed by atoms with Gasteiger partial charge in [-0.15, -0.1) is 11.3 Å². The molecule has 1 aliphatic rings. The van der Waals surface area contributed by atoms with Crippen LogP contribution in [0.5, 0.6) is 0 Å². The van der Waals surface area contributed by atoms with Gasteiger partial charge in [0.05, 0.1) is 0 Å². The largest absolute Gasteiger partial charge is 0.312 e. The topological polar surface area (TPSA) is 15.3 Å². The smallest absolute Gasteiger partial charge is 0.0328 e. The fraction of sp³-hybridized carbons (Fsp3) is 0.733. The van der Waals surface area contributed by atoms with Crippen molar-refractivity contribution < 1.29 is 0 Å². The Hall–Kier alpha value is -0.380. The van der Waals surface area contributed by atoms with Gasteiger partial charge in [-0.3, -0.25) is 4.90 Å². The standard InChI is InChI=1S/C15H26N2S/c1-4-16-9-14-5-6-15(18-14)11-17-8-7-12(2)13(3)10-17/h5-6,12-13,16H,4,7-11H2,1-3H3. The van der Waals surface area contributed by atoms with Gasteiger partial charge in [-0.25, -0.2) is 0 Å². The van der Waals surface area contributed by atoms with Gasteiger partial charge in [-0.2, -0.15) is 0 Å². The Morgan fingerprint density at radius 2 is 2.06 bits per heavy atom. The van der Waals surface area contributed by atoms with Crippen molar-refractivity contribution in [3.8, 4) is 0 Å². The number of thiophene rings is 1. The number of hydrogen-bond acceptors (Lipinski definition) is 3. The lowest BCUT2D eigenvalue weighted by Gasteiger charge is -2.34. The minimum absolute atomic E-state index is 0.847. The lowest BCUT2D eigenvalue weighted by Crippen LogP contribution is -2.37. The quantitative estimate of drug-likeness (QED) is 0.879. The average Bonchev–Trinajstić information content (AvgIpc) is 2.79. The molecule has 1 saturated heterocycles. The third-order valence-electron chi connectivity index (χ3n) is 4.06. The molecule has 2 atom stereocenters. The fourth-order valence-electron chi connectivity index (χ4n) is 2.56. The summed E-state index contributed by atoms with van der Waals surface area (Å²) in [4.78, 5) is 5.60. The molecule has 1 aliphatic heterocycles. The minimum atomic E-state index is 0.847. The van der Waals surface area contributed by atoms with E-state index in [2.05, 4.69) is 43.1 Å². The molecule has 0 bridgehead atoms. The first-order valence-electron chi connectivity index (χ1n) is 7.19. The highest BCUT2D eigenvalue weighted by Crippen LogP contribution is 2.25. The van der Waals surface area contributed by atoms with Gasteiger partial charge >= 0.3 is 0 Å². The van der Waals surface area contributed by atoms with Gasteiger partial charge in [0.1, 0.15) is 0 Å². The van der Waals surface area contributed by atoms with Crippen LogP contribution in [0.15, 0.2) is 12.1 Å². The molecule has 3 heteroatoms. The Morgan fingerprint density at radius 3 is 2.78 bits per heavy atom. The molecule has 2 heterocycles. The summed E-state index contributed by atoms with van der Waals surface area (Å²) in [6.07, 6.45) is 1.36. The van der Waals surface area contributed by atoms with Crippen LogP contribution in [-0.4, -0.2) is 24.5 Å².